The Balaban J connectivity index is 2.52. The molecule has 0 radical (unpaired) electrons. The molecule has 0 bridgehead atoms. The summed E-state index contributed by atoms with van der Waals surface area (Å²) in [6.45, 7) is 5.02. The van der Waals surface area contributed by atoms with Crippen molar-refractivity contribution < 1.29 is 14.6 Å². The van der Waals surface area contributed by atoms with Gasteiger partial charge in [-0.2, -0.15) is 0 Å². The number of nitrogens with one attached hydrogen (secondary N) is 1. The van der Waals surface area contributed by atoms with Crippen molar-refractivity contribution in [2.75, 3.05) is 13.2 Å². The van der Waals surface area contributed by atoms with Crippen LogP contribution in [0.3, 0.4) is 0 Å². The van der Waals surface area contributed by atoms with Gasteiger partial charge in [-0.15, -0.1) is 0 Å². The molecule has 0 amide bonds. The Morgan fingerprint density at radius 2 is 2.00 bits per heavy atom. The van der Waals surface area contributed by atoms with Gasteiger partial charge in [0, 0.05) is 13.1 Å². The number of esters is 1. The minimum Gasteiger partial charge on any atom is -0.459 e. The van der Waals surface area contributed by atoms with Crippen LogP contribution in [0.25, 0.3) is 0 Å². The maximum absolute atomic E-state index is 11.6. The minimum absolute atomic E-state index is 0.103. The Labute approximate surface area is 102 Å². The summed E-state index contributed by atoms with van der Waals surface area (Å²) < 4.78 is 5.09. The quantitative estimate of drug-likeness (QED) is 0.579. The second-order valence-electron chi connectivity index (χ2n) is 4.05. The summed E-state index contributed by atoms with van der Waals surface area (Å²) in [5.74, 6) is -0.296. The molecule has 0 saturated heterocycles. The third-order valence-electron chi connectivity index (χ3n) is 2.15. The van der Waals surface area contributed by atoms with E-state index in [1.54, 1.807) is 12.1 Å². The highest BCUT2D eigenvalue weighted by molar-refractivity contribution is 5.89. The predicted molar refractivity (Wildman–Crippen MR) is 65.8 cm³/mol. The summed E-state index contributed by atoms with van der Waals surface area (Å²) in [6.07, 6.45) is -0.103. The molecule has 0 heterocycles. The van der Waals surface area contributed by atoms with Gasteiger partial charge in [-0.1, -0.05) is 12.1 Å². The van der Waals surface area contributed by atoms with Crippen LogP contribution < -0.4 is 5.32 Å². The van der Waals surface area contributed by atoms with Crippen molar-refractivity contribution in [3.05, 3.63) is 35.4 Å². The summed E-state index contributed by atoms with van der Waals surface area (Å²) in [5.41, 5.74) is 1.63. The molecule has 0 saturated carbocycles. The van der Waals surface area contributed by atoms with Gasteiger partial charge in [0.05, 0.1) is 18.3 Å². The Bertz CT molecular complexity index is 346. The molecule has 4 nitrogen and oxygen atoms in total. The first-order chi connectivity index (χ1) is 8.13. The highest BCUT2D eigenvalue weighted by Crippen LogP contribution is 2.07. The van der Waals surface area contributed by atoms with Crippen LogP contribution in [0.5, 0.6) is 0 Å². The molecule has 0 fully saturated rings. The van der Waals surface area contributed by atoms with Crippen molar-refractivity contribution in [1.29, 1.82) is 0 Å². The van der Waals surface area contributed by atoms with Crippen molar-refractivity contribution in [1.82, 2.24) is 5.32 Å². The van der Waals surface area contributed by atoms with Crippen LogP contribution in [0, 0.1) is 0 Å². The van der Waals surface area contributed by atoms with Gasteiger partial charge in [-0.3, -0.25) is 0 Å². The lowest BCUT2D eigenvalue weighted by Crippen LogP contribution is -2.17. The molecule has 0 aliphatic carbocycles. The van der Waals surface area contributed by atoms with E-state index in [-0.39, 0.29) is 18.7 Å². The van der Waals surface area contributed by atoms with Gasteiger partial charge < -0.3 is 15.2 Å². The monoisotopic (exact) mass is 237 g/mol. The van der Waals surface area contributed by atoms with E-state index < -0.39 is 0 Å². The second-order valence-corrected chi connectivity index (χ2v) is 4.05. The number of carbonyl (C=O) groups is 1. The molecule has 2 N–H and O–H groups in total. The molecule has 0 aromatic heterocycles. The molecule has 1 rings (SSSR count). The largest absolute Gasteiger partial charge is 0.459 e. The number of rotatable bonds is 6. The predicted octanol–water partition coefficient (Wildman–Crippen LogP) is 1.33. The Hall–Kier alpha value is -1.39. The van der Waals surface area contributed by atoms with Crippen LogP contribution in [0.4, 0.5) is 0 Å². The maximum Gasteiger partial charge on any atom is 0.338 e. The zero-order chi connectivity index (χ0) is 12.7. The SMILES string of the molecule is CC(C)OC(=O)c1ccc(CNCCO)cc1. The zero-order valence-corrected chi connectivity index (χ0v) is 10.3. The minimum atomic E-state index is -0.296. The van der Waals surface area contributed by atoms with E-state index >= 15 is 0 Å². The van der Waals surface area contributed by atoms with E-state index in [9.17, 15) is 4.79 Å². The summed E-state index contributed by atoms with van der Waals surface area (Å²) >= 11 is 0. The second kappa shape index (κ2) is 7.04. The molecule has 17 heavy (non-hydrogen) atoms. The molecule has 94 valence electrons. The van der Waals surface area contributed by atoms with Crippen LogP contribution in [0.15, 0.2) is 24.3 Å². The van der Waals surface area contributed by atoms with E-state index in [1.165, 1.54) is 0 Å². The van der Waals surface area contributed by atoms with Gasteiger partial charge in [0.15, 0.2) is 0 Å². The van der Waals surface area contributed by atoms with Crippen LogP contribution in [0.2, 0.25) is 0 Å². The average Bonchev–Trinajstić information content (AvgIpc) is 2.29. The summed E-state index contributed by atoms with van der Waals surface area (Å²) in [6, 6.07) is 7.25. The Morgan fingerprint density at radius 3 is 2.53 bits per heavy atom. The van der Waals surface area contributed by atoms with Crippen molar-refractivity contribution in [2.45, 2.75) is 26.5 Å². The lowest BCUT2D eigenvalue weighted by atomic mass is 10.1. The molecule has 0 aliphatic heterocycles. The van der Waals surface area contributed by atoms with E-state index in [0.717, 1.165) is 5.56 Å². The van der Waals surface area contributed by atoms with E-state index in [0.29, 0.717) is 18.7 Å². The number of carbonyl (C=O) groups excluding carboxylic acids is 1. The van der Waals surface area contributed by atoms with E-state index in [4.69, 9.17) is 9.84 Å². The normalized spacial score (nSPS) is 10.6. The highest BCUT2D eigenvalue weighted by Gasteiger charge is 2.08. The van der Waals surface area contributed by atoms with Crippen LogP contribution >= 0.6 is 0 Å². The lowest BCUT2D eigenvalue weighted by molar-refractivity contribution is 0.0378. The van der Waals surface area contributed by atoms with Gasteiger partial charge in [0.2, 0.25) is 0 Å². The summed E-state index contributed by atoms with van der Waals surface area (Å²) in [4.78, 5) is 11.6. The fraction of sp³-hybridized carbons (Fsp3) is 0.462. The smallest absolute Gasteiger partial charge is 0.338 e. The molecule has 1 aromatic carbocycles. The number of hydrogen-bond acceptors (Lipinski definition) is 4. The molecule has 4 heteroatoms. The van der Waals surface area contributed by atoms with Crippen LogP contribution in [0.1, 0.15) is 29.8 Å². The lowest BCUT2D eigenvalue weighted by Gasteiger charge is -2.08. The standard InChI is InChI=1S/C13H19NO3/c1-10(2)17-13(16)12-5-3-11(4-6-12)9-14-7-8-15/h3-6,10,14-15H,7-9H2,1-2H3. The average molecular weight is 237 g/mol. The van der Waals surface area contributed by atoms with Gasteiger partial charge >= 0.3 is 5.97 Å². The number of ether oxygens (including phenoxy) is 1. The van der Waals surface area contributed by atoms with Crippen LogP contribution in [-0.4, -0.2) is 30.3 Å². The first kappa shape index (κ1) is 13.7. The fourth-order valence-corrected chi connectivity index (χ4v) is 1.35. The third-order valence-corrected chi connectivity index (χ3v) is 2.15. The third kappa shape index (κ3) is 4.97. The molecule has 0 unspecified atom stereocenters. The molecule has 1 aromatic rings. The summed E-state index contributed by atoms with van der Waals surface area (Å²) in [5, 5.41) is 11.7. The highest BCUT2D eigenvalue weighted by atomic mass is 16.5. The molecular formula is C13H19NO3. The van der Waals surface area contributed by atoms with Gasteiger partial charge in [0.25, 0.3) is 0 Å². The van der Waals surface area contributed by atoms with Crippen molar-refractivity contribution in [3.8, 4) is 0 Å². The number of hydrogen-bond donors (Lipinski definition) is 2. The zero-order valence-electron chi connectivity index (χ0n) is 10.3. The number of aliphatic hydroxyl groups is 1. The molecular weight excluding hydrogens is 218 g/mol. The van der Waals surface area contributed by atoms with Crippen molar-refractivity contribution >= 4 is 5.97 Å². The van der Waals surface area contributed by atoms with Crippen molar-refractivity contribution in [2.24, 2.45) is 0 Å². The molecule has 0 aliphatic rings. The van der Waals surface area contributed by atoms with E-state index in [1.807, 2.05) is 26.0 Å². The first-order valence-corrected chi connectivity index (χ1v) is 5.75. The fourth-order valence-electron chi connectivity index (χ4n) is 1.35. The van der Waals surface area contributed by atoms with Crippen LogP contribution in [-0.2, 0) is 11.3 Å². The van der Waals surface area contributed by atoms with Gasteiger partial charge in [-0.05, 0) is 31.5 Å². The van der Waals surface area contributed by atoms with Gasteiger partial charge in [0.1, 0.15) is 0 Å². The Kier molecular flexibility index (Phi) is 5.66. The summed E-state index contributed by atoms with van der Waals surface area (Å²) in [7, 11) is 0. The van der Waals surface area contributed by atoms with Crippen molar-refractivity contribution in [3.63, 3.8) is 0 Å². The maximum atomic E-state index is 11.6. The van der Waals surface area contributed by atoms with Gasteiger partial charge in [-0.25, -0.2) is 4.79 Å². The topological polar surface area (TPSA) is 58.6 Å². The number of aliphatic hydroxyl groups excluding tert-OH is 1. The molecule has 0 spiro atoms. The number of benzene rings is 1. The van der Waals surface area contributed by atoms with E-state index in [2.05, 4.69) is 5.32 Å². The first-order valence-electron chi connectivity index (χ1n) is 5.75. The molecule has 0 atom stereocenters. The Morgan fingerprint density at radius 1 is 1.35 bits per heavy atom.